The van der Waals surface area contributed by atoms with Crippen molar-refractivity contribution in [3.63, 3.8) is 0 Å². The molecule has 0 fully saturated rings. The summed E-state index contributed by atoms with van der Waals surface area (Å²) >= 11 is 1.45. The van der Waals surface area contributed by atoms with Gasteiger partial charge in [-0.2, -0.15) is 0 Å². The summed E-state index contributed by atoms with van der Waals surface area (Å²) in [6.45, 7) is 2.35. The lowest BCUT2D eigenvalue weighted by molar-refractivity contribution is 0.102. The highest BCUT2D eigenvalue weighted by molar-refractivity contribution is 7.18. The second-order valence-electron chi connectivity index (χ2n) is 4.27. The standard InChI is InChI=1S/C14H16N2OS/c1-10(17)14-12(15)8-13(18-14)16(2)9-11-6-4-3-5-7-11/h3-8H,9,15H2,1-2H3. The van der Waals surface area contributed by atoms with Gasteiger partial charge < -0.3 is 10.6 Å². The van der Waals surface area contributed by atoms with Gasteiger partial charge in [0.25, 0.3) is 0 Å². The molecule has 18 heavy (non-hydrogen) atoms. The first-order chi connectivity index (χ1) is 8.58. The van der Waals surface area contributed by atoms with E-state index in [-0.39, 0.29) is 5.78 Å². The van der Waals surface area contributed by atoms with Gasteiger partial charge in [0.1, 0.15) is 0 Å². The lowest BCUT2D eigenvalue weighted by Gasteiger charge is -2.16. The number of carbonyl (C=O) groups excluding carboxylic acids is 1. The second-order valence-corrected chi connectivity index (χ2v) is 5.30. The summed E-state index contributed by atoms with van der Waals surface area (Å²) in [6, 6.07) is 12.1. The molecule has 4 heteroatoms. The molecular formula is C14H16N2OS. The molecule has 0 unspecified atom stereocenters. The SMILES string of the molecule is CC(=O)c1sc(N(C)Cc2ccccc2)cc1N. The molecule has 1 heterocycles. The number of hydrogen-bond acceptors (Lipinski definition) is 4. The third-order valence-corrected chi connectivity index (χ3v) is 4.07. The maximum Gasteiger partial charge on any atom is 0.171 e. The van der Waals surface area contributed by atoms with Crippen molar-refractivity contribution in [2.24, 2.45) is 0 Å². The average Bonchev–Trinajstić information content (AvgIpc) is 2.73. The van der Waals surface area contributed by atoms with Gasteiger partial charge in [-0.05, 0) is 11.6 Å². The molecule has 0 saturated carbocycles. The van der Waals surface area contributed by atoms with Crippen molar-refractivity contribution in [3.8, 4) is 0 Å². The van der Waals surface area contributed by atoms with Gasteiger partial charge in [0.05, 0.1) is 15.6 Å². The molecule has 0 spiro atoms. The normalized spacial score (nSPS) is 10.3. The number of nitrogen functional groups attached to an aromatic ring is 1. The van der Waals surface area contributed by atoms with Crippen LogP contribution in [0.4, 0.5) is 10.7 Å². The number of nitrogens with zero attached hydrogens (tertiary/aromatic N) is 1. The molecule has 2 rings (SSSR count). The van der Waals surface area contributed by atoms with Gasteiger partial charge in [-0.1, -0.05) is 30.3 Å². The molecule has 0 aliphatic carbocycles. The van der Waals surface area contributed by atoms with Crippen molar-refractivity contribution in [1.82, 2.24) is 0 Å². The lowest BCUT2D eigenvalue weighted by atomic mass is 10.2. The minimum absolute atomic E-state index is 0.0249. The van der Waals surface area contributed by atoms with Gasteiger partial charge in [-0.3, -0.25) is 4.79 Å². The Bertz CT molecular complexity index is 548. The summed E-state index contributed by atoms with van der Waals surface area (Å²) in [4.78, 5) is 14.1. The molecular weight excluding hydrogens is 244 g/mol. The maximum atomic E-state index is 11.4. The minimum Gasteiger partial charge on any atom is -0.397 e. The monoisotopic (exact) mass is 260 g/mol. The van der Waals surface area contributed by atoms with E-state index in [4.69, 9.17) is 5.73 Å². The quantitative estimate of drug-likeness (QED) is 0.859. The number of benzene rings is 1. The predicted molar refractivity (Wildman–Crippen MR) is 77.3 cm³/mol. The van der Waals surface area contributed by atoms with Crippen molar-refractivity contribution in [3.05, 3.63) is 46.8 Å². The van der Waals surface area contributed by atoms with Crippen LogP contribution in [0.1, 0.15) is 22.2 Å². The van der Waals surface area contributed by atoms with Crippen LogP contribution in [-0.2, 0) is 6.54 Å². The van der Waals surface area contributed by atoms with E-state index >= 15 is 0 Å². The van der Waals surface area contributed by atoms with Crippen LogP contribution in [0.3, 0.4) is 0 Å². The molecule has 0 bridgehead atoms. The molecule has 0 radical (unpaired) electrons. The molecule has 0 atom stereocenters. The van der Waals surface area contributed by atoms with Crippen LogP contribution in [0.15, 0.2) is 36.4 Å². The van der Waals surface area contributed by atoms with Crippen molar-refractivity contribution in [1.29, 1.82) is 0 Å². The molecule has 0 amide bonds. The van der Waals surface area contributed by atoms with Crippen LogP contribution in [0.2, 0.25) is 0 Å². The first kappa shape index (κ1) is 12.6. The first-order valence-corrected chi connectivity index (χ1v) is 6.55. The van der Waals surface area contributed by atoms with Crippen LogP contribution in [0.5, 0.6) is 0 Å². The summed E-state index contributed by atoms with van der Waals surface area (Å²) in [7, 11) is 2.00. The van der Waals surface area contributed by atoms with Crippen molar-refractivity contribution >= 4 is 27.8 Å². The van der Waals surface area contributed by atoms with Gasteiger partial charge >= 0.3 is 0 Å². The van der Waals surface area contributed by atoms with E-state index in [0.717, 1.165) is 11.5 Å². The third kappa shape index (κ3) is 2.71. The minimum atomic E-state index is 0.0249. The van der Waals surface area contributed by atoms with E-state index in [0.29, 0.717) is 10.6 Å². The fraction of sp³-hybridized carbons (Fsp3) is 0.214. The van der Waals surface area contributed by atoms with E-state index < -0.39 is 0 Å². The maximum absolute atomic E-state index is 11.4. The Hall–Kier alpha value is -1.81. The molecule has 2 N–H and O–H groups in total. The molecule has 2 aromatic rings. The molecule has 0 aliphatic heterocycles. The van der Waals surface area contributed by atoms with Crippen LogP contribution in [0.25, 0.3) is 0 Å². The van der Waals surface area contributed by atoms with E-state index in [1.807, 2.05) is 31.3 Å². The third-order valence-electron chi connectivity index (χ3n) is 2.71. The van der Waals surface area contributed by atoms with Crippen molar-refractivity contribution < 1.29 is 4.79 Å². The van der Waals surface area contributed by atoms with Crippen molar-refractivity contribution in [2.75, 3.05) is 17.7 Å². The molecule has 94 valence electrons. The summed E-state index contributed by atoms with van der Waals surface area (Å²) in [6.07, 6.45) is 0. The highest BCUT2D eigenvalue weighted by Gasteiger charge is 2.13. The lowest BCUT2D eigenvalue weighted by Crippen LogP contribution is -2.14. The second kappa shape index (κ2) is 5.23. The van der Waals surface area contributed by atoms with Crippen LogP contribution < -0.4 is 10.6 Å². The zero-order chi connectivity index (χ0) is 13.1. The number of thiophene rings is 1. The van der Waals surface area contributed by atoms with Crippen LogP contribution >= 0.6 is 11.3 Å². The fourth-order valence-electron chi connectivity index (χ4n) is 1.79. The zero-order valence-corrected chi connectivity index (χ0v) is 11.3. The number of Topliss-reactive ketones (excluding diaryl/α,β-unsaturated/α-hetero) is 1. The van der Waals surface area contributed by atoms with Gasteiger partial charge in [0.15, 0.2) is 5.78 Å². The molecule has 3 nitrogen and oxygen atoms in total. The highest BCUT2D eigenvalue weighted by Crippen LogP contribution is 2.32. The Labute approximate surface area is 111 Å². The number of hydrogen-bond donors (Lipinski definition) is 1. The zero-order valence-electron chi connectivity index (χ0n) is 10.5. The summed E-state index contributed by atoms with van der Waals surface area (Å²) in [5.41, 5.74) is 7.64. The Morgan fingerprint density at radius 1 is 1.33 bits per heavy atom. The van der Waals surface area contributed by atoms with Gasteiger partial charge in [0, 0.05) is 20.5 Å². The van der Waals surface area contributed by atoms with Crippen molar-refractivity contribution in [2.45, 2.75) is 13.5 Å². The average molecular weight is 260 g/mol. The number of ketones is 1. The smallest absolute Gasteiger partial charge is 0.171 e. The molecule has 1 aromatic heterocycles. The number of carbonyl (C=O) groups is 1. The van der Waals surface area contributed by atoms with E-state index in [1.165, 1.54) is 16.9 Å². The Kier molecular flexibility index (Phi) is 3.67. The van der Waals surface area contributed by atoms with Crippen LogP contribution in [-0.4, -0.2) is 12.8 Å². The number of anilines is 2. The molecule has 0 saturated heterocycles. The Balaban J connectivity index is 2.17. The summed E-state index contributed by atoms with van der Waals surface area (Å²) in [5, 5.41) is 1.02. The predicted octanol–water partition coefficient (Wildman–Crippen LogP) is 3.17. The molecule has 0 aliphatic rings. The van der Waals surface area contributed by atoms with E-state index in [2.05, 4.69) is 17.0 Å². The Morgan fingerprint density at radius 3 is 2.56 bits per heavy atom. The van der Waals surface area contributed by atoms with Crippen LogP contribution in [0, 0.1) is 0 Å². The summed E-state index contributed by atoms with van der Waals surface area (Å²) < 4.78 is 0. The highest BCUT2D eigenvalue weighted by atomic mass is 32.1. The topological polar surface area (TPSA) is 46.3 Å². The van der Waals surface area contributed by atoms with Gasteiger partial charge in [-0.15, -0.1) is 11.3 Å². The molecule has 1 aromatic carbocycles. The fourth-order valence-corrected chi connectivity index (χ4v) is 2.73. The van der Waals surface area contributed by atoms with Gasteiger partial charge in [-0.25, -0.2) is 0 Å². The first-order valence-electron chi connectivity index (χ1n) is 5.73. The van der Waals surface area contributed by atoms with E-state index in [9.17, 15) is 4.79 Å². The number of nitrogens with two attached hydrogens (primary N) is 1. The summed E-state index contributed by atoms with van der Waals surface area (Å²) in [5.74, 6) is 0.0249. The van der Waals surface area contributed by atoms with Gasteiger partial charge in [0.2, 0.25) is 0 Å². The van der Waals surface area contributed by atoms with E-state index in [1.54, 1.807) is 6.92 Å². The largest absolute Gasteiger partial charge is 0.397 e. The Morgan fingerprint density at radius 2 is 2.00 bits per heavy atom. The number of rotatable bonds is 4.